The van der Waals surface area contributed by atoms with Crippen LogP contribution in [0.3, 0.4) is 0 Å². The summed E-state index contributed by atoms with van der Waals surface area (Å²) >= 11 is 0. The monoisotopic (exact) mass is 332 g/mol. The second-order valence-corrected chi connectivity index (χ2v) is 7.97. The summed E-state index contributed by atoms with van der Waals surface area (Å²) in [6, 6.07) is 0. The van der Waals surface area contributed by atoms with Crippen LogP contribution in [0.25, 0.3) is 11.0 Å². The first kappa shape index (κ1) is 17.3. The van der Waals surface area contributed by atoms with Gasteiger partial charge in [-0.3, -0.25) is 4.68 Å². The summed E-state index contributed by atoms with van der Waals surface area (Å²) in [5.41, 5.74) is 3.54. The van der Waals surface area contributed by atoms with Crippen LogP contribution in [0.15, 0.2) is 0 Å². The number of methoxy groups -OCH3 is 1. The van der Waals surface area contributed by atoms with Gasteiger partial charge in [0.2, 0.25) is 0 Å². The Balaban J connectivity index is 2.19. The molecule has 0 radical (unpaired) electrons. The summed E-state index contributed by atoms with van der Waals surface area (Å²) in [6.45, 7) is 13.5. The molecule has 1 aliphatic heterocycles. The Bertz CT molecular complexity index is 779. The van der Waals surface area contributed by atoms with Crippen molar-refractivity contribution in [2.24, 2.45) is 17.9 Å². The van der Waals surface area contributed by atoms with E-state index in [1.807, 2.05) is 25.6 Å². The lowest BCUT2D eigenvalue weighted by atomic mass is 9.64. The first-order valence-electron chi connectivity index (χ1n) is 8.43. The second kappa shape index (κ2) is 5.49. The molecule has 0 saturated carbocycles. The lowest BCUT2D eigenvalue weighted by Crippen LogP contribution is -2.38. The summed E-state index contributed by atoms with van der Waals surface area (Å²) in [5.74, 6) is 0.762. The van der Waals surface area contributed by atoms with Crippen molar-refractivity contribution in [2.75, 3.05) is 13.7 Å². The molecule has 0 bridgehead atoms. The van der Waals surface area contributed by atoms with Crippen molar-refractivity contribution in [3.05, 3.63) is 17.2 Å². The number of hydrogen-bond acceptors (Lipinski definition) is 5. The van der Waals surface area contributed by atoms with Gasteiger partial charge in [0.1, 0.15) is 23.0 Å². The predicted octanol–water partition coefficient (Wildman–Crippen LogP) is 3.12. The highest BCUT2D eigenvalue weighted by molar-refractivity contribution is 5.79. The highest BCUT2D eigenvalue weighted by atomic mass is 16.5. The molecule has 0 spiro atoms. The zero-order chi connectivity index (χ0) is 17.9. The number of hydrogen-bond donors (Lipinski definition) is 0. The average Bonchev–Trinajstić information content (AvgIpc) is 2.86. The summed E-state index contributed by atoms with van der Waals surface area (Å²) in [6.07, 6.45) is -0.0761. The molecule has 0 amide bonds. The number of aromatic nitrogens is 4. The molecule has 3 heterocycles. The number of aryl methyl sites for hydroxylation is 3. The largest absolute Gasteiger partial charge is 0.382 e. The molecule has 1 aliphatic rings. The van der Waals surface area contributed by atoms with Crippen molar-refractivity contribution in [1.82, 2.24) is 19.7 Å². The molecule has 132 valence electrons. The van der Waals surface area contributed by atoms with Crippen molar-refractivity contribution in [2.45, 2.75) is 53.8 Å². The Labute approximate surface area is 143 Å². The first-order valence-corrected chi connectivity index (χ1v) is 8.43. The Hall–Kier alpha value is -1.53. The number of rotatable bonds is 3. The van der Waals surface area contributed by atoms with Crippen LogP contribution in [0.4, 0.5) is 0 Å². The lowest BCUT2D eigenvalue weighted by Gasteiger charge is -2.38. The van der Waals surface area contributed by atoms with Gasteiger partial charge in [-0.05, 0) is 13.8 Å². The van der Waals surface area contributed by atoms with E-state index in [0.29, 0.717) is 6.61 Å². The minimum Gasteiger partial charge on any atom is -0.382 e. The minimum atomic E-state index is -0.101. The molecule has 3 rings (SSSR count). The van der Waals surface area contributed by atoms with Crippen LogP contribution < -0.4 is 0 Å². The van der Waals surface area contributed by atoms with Gasteiger partial charge in [0.15, 0.2) is 0 Å². The van der Waals surface area contributed by atoms with Gasteiger partial charge >= 0.3 is 0 Å². The van der Waals surface area contributed by atoms with Gasteiger partial charge in [0.25, 0.3) is 0 Å². The van der Waals surface area contributed by atoms with Crippen molar-refractivity contribution < 1.29 is 9.47 Å². The fourth-order valence-corrected chi connectivity index (χ4v) is 3.72. The maximum Gasteiger partial charge on any atom is 0.132 e. The van der Waals surface area contributed by atoms with Crippen LogP contribution in [-0.2, 0) is 16.5 Å². The highest BCUT2D eigenvalue weighted by Crippen LogP contribution is 2.59. The Morgan fingerprint density at radius 2 is 1.75 bits per heavy atom. The summed E-state index contributed by atoms with van der Waals surface area (Å²) in [5, 5.41) is 4.66. The Morgan fingerprint density at radius 1 is 1.08 bits per heavy atom. The average molecular weight is 332 g/mol. The first-order chi connectivity index (χ1) is 11.1. The minimum absolute atomic E-state index is 0.0245. The maximum absolute atomic E-state index is 6.50. The lowest BCUT2D eigenvalue weighted by molar-refractivity contribution is -0.0312. The highest BCUT2D eigenvalue weighted by Gasteiger charge is 2.57. The van der Waals surface area contributed by atoms with Gasteiger partial charge < -0.3 is 9.47 Å². The predicted molar refractivity (Wildman–Crippen MR) is 92.8 cm³/mol. The van der Waals surface area contributed by atoms with E-state index >= 15 is 0 Å². The van der Waals surface area contributed by atoms with Crippen LogP contribution in [0.2, 0.25) is 0 Å². The Morgan fingerprint density at radius 3 is 2.38 bits per heavy atom. The zero-order valence-corrected chi connectivity index (χ0v) is 16.0. The third-order valence-corrected chi connectivity index (χ3v) is 6.00. The van der Waals surface area contributed by atoms with Gasteiger partial charge in [-0.1, -0.05) is 27.7 Å². The Kier molecular flexibility index (Phi) is 3.96. The molecule has 2 aromatic heterocycles. The van der Waals surface area contributed by atoms with Crippen molar-refractivity contribution >= 4 is 11.0 Å². The fourth-order valence-electron chi connectivity index (χ4n) is 3.72. The van der Waals surface area contributed by atoms with E-state index in [9.17, 15) is 0 Å². The van der Waals surface area contributed by atoms with E-state index in [1.165, 1.54) is 0 Å². The second-order valence-electron chi connectivity index (χ2n) is 7.97. The van der Waals surface area contributed by atoms with Crippen molar-refractivity contribution in [3.8, 4) is 0 Å². The van der Waals surface area contributed by atoms with Crippen LogP contribution in [0.5, 0.6) is 0 Å². The maximum atomic E-state index is 6.50. The fraction of sp³-hybridized carbons (Fsp3) is 0.722. The molecule has 2 aromatic rings. The van der Waals surface area contributed by atoms with E-state index < -0.39 is 0 Å². The molecule has 24 heavy (non-hydrogen) atoms. The SMILES string of the molecule is COC[C@H]1O[C@@H](c2c3nc(C)nc(C)c3nn2C)C(C)(C)C1(C)C. The molecular formula is C18H28N4O2. The van der Waals surface area contributed by atoms with Gasteiger partial charge in [0.05, 0.1) is 24.1 Å². The molecule has 0 aromatic carbocycles. The third-order valence-electron chi connectivity index (χ3n) is 6.00. The standard InChI is InChI=1S/C18H28N4O2/c1-10-13-14(20-11(2)19-10)15(22(7)21-13)16-18(5,6)17(3,4)12(24-16)9-23-8/h12,16H,9H2,1-8H3/t12-,16+/m1/s1. The van der Waals surface area contributed by atoms with E-state index in [2.05, 4.69) is 42.8 Å². The number of nitrogens with zero attached hydrogens (tertiary/aromatic N) is 4. The van der Waals surface area contributed by atoms with E-state index in [0.717, 1.165) is 28.2 Å². The normalized spacial score (nSPS) is 25.5. The van der Waals surface area contributed by atoms with Crippen molar-refractivity contribution in [1.29, 1.82) is 0 Å². The molecule has 2 atom stereocenters. The third kappa shape index (κ3) is 2.27. The molecule has 6 nitrogen and oxygen atoms in total. The molecular weight excluding hydrogens is 304 g/mol. The summed E-state index contributed by atoms with van der Waals surface area (Å²) in [4.78, 5) is 9.12. The van der Waals surface area contributed by atoms with E-state index in [1.54, 1.807) is 7.11 Å². The van der Waals surface area contributed by atoms with Crippen LogP contribution >= 0.6 is 0 Å². The van der Waals surface area contributed by atoms with Gasteiger partial charge in [-0.2, -0.15) is 5.10 Å². The zero-order valence-electron chi connectivity index (χ0n) is 16.0. The van der Waals surface area contributed by atoms with E-state index in [-0.39, 0.29) is 23.0 Å². The molecule has 0 N–H and O–H groups in total. The summed E-state index contributed by atoms with van der Waals surface area (Å²) in [7, 11) is 3.68. The molecule has 1 fully saturated rings. The van der Waals surface area contributed by atoms with Crippen LogP contribution in [0, 0.1) is 24.7 Å². The summed E-state index contributed by atoms with van der Waals surface area (Å²) < 4.78 is 13.8. The number of ether oxygens (including phenoxy) is 2. The van der Waals surface area contributed by atoms with Gasteiger partial charge in [0, 0.05) is 25.0 Å². The van der Waals surface area contributed by atoms with Crippen LogP contribution in [0.1, 0.15) is 51.0 Å². The molecule has 0 unspecified atom stereocenters. The smallest absolute Gasteiger partial charge is 0.132 e. The number of fused-ring (bicyclic) bond motifs is 1. The quantitative estimate of drug-likeness (QED) is 0.864. The van der Waals surface area contributed by atoms with Crippen molar-refractivity contribution in [3.63, 3.8) is 0 Å². The molecule has 6 heteroatoms. The van der Waals surface area contributed by atoms with Gasteiger partial charge in [-0.25, -0.2) is 9.97 Å². The van der Waals surface area contributed by atoms with E-state index in [4.69, 9.17) is 9.47 Å². The van der Waals surface area contributed by atoms with Gasteiger partial charge in [-0.15, -0.1) is 0 Å². The topological polar surface area (TPSA) is 62.1 Å². The molecule has 0 aliphatic carbocycles. The molecule has 1 saturated heterocycles. The van der Waals surface area contributed by atoms with Crippen LogP contribution in [-0.4, -0.2) is 39.6 Å².